The van der Waals surface area contributed by atoms with E-state index in [1.165, 1.54) is 0 Å². The highest BCUT2D eigenvalue weighted by atomic mass is 79.9. The minimum Gasteiger partial charge on any atom is -0.392 e. The number of rotatable bonds is 2. The molecule has 0 atom stereocenters. The summed E-state index contributed by atoms with van der Waals surface area (Å²) < 4.78 is 0.919. The van der Waals surface area contributed by atoms with Crippen LogP contribution in [0, 0.1) is 6.92 Å². The second-order valence-electron chi connectivity index (χ2n) is 2.70. The van der Waals surface area contributed by atoms with Crippen LogP contribution in [0.5, 0.6) is 0 Å². The summed E-state index contributed by atoms with van der Waals surface area (Å²) in [6.07, 6.45) is 0. The molecular formula is C9H11BrO2. The molecule has 0 saturated carbocycles. The summed E-state index contributed by atoms with van der Waals surface area (Å²) >= 11 is 3.36. The monoisotopic (exact) mass is 230 g/mol. The van der Waals surface area contributed by atoms with Crippen LogP contribution in [0.1, 0.15) is 16.7 Å². The Morgan fingerprint density at radius 1 is 1.25 bits per heavy atom. The average molecular weight is 231 g/mol. The molecule has 66 valence electrons. The van der Waals surface area contributed by atoms with E-state index in [0.29, 0.717) is 0 Å². The van der Waals surface area contributed by atoms with E-state index in [2.05, 4.69) is 15.9 Å². The standard InChI is InChI=1S/C9H11BrO2/c1-6-2-7(4-11)3-8(5-12)9(6)10/h2-3,11-12H,4-5H2,1H3. The van der Waals surface area contributed by atoms with Crippen LogP contribution in [0.2, 0.25) is 0 Å². The molecule has 0 amide bonds. The molecule has 0 spiro atoms. The smallest absolute Gasteiger partial charge is 0.0693 e. The maximum atomic E-state index is 8.95. The van der Waals surface area contributed by atoms with Crippen molar-refractivity contribution in [2.45, 2.75) is 20.1 Å². The van der Waals surface area contributed by atoms with E-state index in [1.807, 2.05) is 13.0 Å². The number of hydrogen-bond acceptors (Lipinski definition) is 2. The van der Waals surface area contributed by atoms with E-state index >= 15 is 0 Å². The number of aryl methyl sites for hydroxylation is 1. The van der Waals surface area contributed by atoms with E-state index in [1.54, 1.807) is 6.07 Å². The van der Waals surface area contributed by atoms with Crippen molar-refractivity contribution in [2.24, 2.45) is 0 Å². The van der Waals surface area contributed by atoms with Crippen LogP contribution in [0.3, 0.4) is 0 Å². The number of benzene rings is 1. The number of aliphatic hydroxyl groups excluding tert-OH is 2. The van der Waals surface area contributed by atoms with E-state index in [-0.39, 0.29) is 13.2 Å². The molecule has 12 heavy (non-hydrogen) atoms. The van der Waals surface area contributed by atoms with Crippen molar-refractivity contribution in [1.29, 1.82) is 0 Å². The van der Waals surface area contributed by atoms with Crippen LogP contribution < -0.4 is 0 Å². The molecule has 0 aromatic heterocycles. The van der Waals surface area contributed by atoms with Gasteiger partial charge in [-0.1, -0.05) is 28.1 Å². The van der Waals surface area contributed by atoms with Gasteiger partial charge >= 0.3 is 0 Å². The highest BCUT2D eigenvalue weighted by Gasteiger charge is 2.03. The molecule has 2 nitrogen and oxygen atoms in total. The maximum Gasteiger partial charge on any atom is 0.0693 e. The molecule has 1 rings (SSSR count). The van der Waals surface area contributed by atoms with Crippen molar-refractivity contribution >= 4 is 15.9 Å². The lowest BCUT2D eigenvalue weighted by Gasteiger charge is -2.06. The topological polar surface area (TPSA) is 40.5 Å². The molecule has 0 bridgehead atoms. The van der Waals surface area contributed by atoms with Crippen LogP contribution in [-0.4, -0.2) is 10.2 Å². The first-order valence-electron chi connectivity index (χ1n) is 3.68. The molecule has 0 radical (unpaired) electrons. The lowest BCUT2D eigenvalue weighted by Crippen LogP contribution is -1.93. The second-order valence-corrected chi connectivity index (χ2v) is 3.50. The third kappa shape index (κ3) is 1.86. The Morgan fingerprint density at radius 2 is 1.92 bits per heavy atom. The molecular weight excluding hydrogens is 220 g/mol. The van der Waals surface area contributed by atoms with Crippen LogP contribution in [0.4, 0.5) is 0 Å². The Hall–Kier alpha value is -0.380. The Bertz CT molecular complexity index is 284. The summed E-state index contributed by atoms with van der Waals surface area (Å²) in [4.78, 5) is 0. The number of hydrogen-bond donors (Lipinski definition) is 2. The largest absolute Gasteiger partial charge is 0.392 e. The molecule has 1 aromatic carbocycles. The molecule has 0 unspecified atom stereocenters. The first kappa shape index (κ1) is 9.71. The van der Waals surface area contributed by atoms with Crippen LogP contribution >= 0.6 is 15.9 Å². The zero-order valence-corrected chi connectivity index (χ0v) is 8.43. The first-order chi connectivity index (χ1) is 5.69. The van der Waals surface area contributed by atoms with Crippen LogP contribution in [0.15, 0.2) is 16.6 Å². The molecule has 0 aliphatic carbocycles. The summed E-state index contributed by atoms with van der Waals surface area (Å²) in [6, 6.07) is 3.68. The Morgan fingerprint density at radius 3 is 2.42 bits per heavy atom. The maximum absolute atomic E-state index is 8.95. The average Bonchev–Trinajstić information content (AvgIpc) is 2.09. The minimum atomic E-state index is -0.00470. The summed E-state index contributed by atoms with van der Waals surface area (Å²) in [5, 5.41) is 17.8. The number of halogens is 1. The third-order valence-corrected chi connectivity index (χ3v) is 2.88. The highest BCUT2D eigenvalue weighted by Crippen LogP contribution is 2.23. The Balaban J connectivity index is 3.19. The van der Waals surface area contributed by atoms with Crippen molar-refractivity contribution in [3.8, 4) is 0 Å². The van der Waals surface area contributed by atoms with Gasteiger partial charge in [0, 0.05) is 4.47 Å². The second kappa shape index (κ2) is 4.03. The normalized spacial score (nSPS) is 10.3. The van der Waals surface area contributed by atoms with E-state index in [9.17, 15) is 0 Å². The minimum absolute atomic E-state index is 0.00470. The first-order valence-corrected chi connectivity index (χ1v) is 4.48. The van der Waals surface area contributed by atoms with Crippen molar-refractivity contribution in [3.63, 3.8) is 0 Å². The van der Waals surface area contributed by atoms with Gasteiger partial charge in [-0.2, -0.15) is 0 Å². The van der Waals surface area contributed by atoms with Gasteiger partial charge < -0.3 is 10.2 Å². The van der Waals surface area contributed by atoms with Gasteiger partial charge in [-0.15, -0.1) is 0 Å². The summed E-state index contributed by atoms with van der Waals surface area (Å²) in [5.41, 5.74) is 2.68. The predicted molar refractivity (Wildman–Crippen MR) is 50.7 cm³/mol. The fraction of sp³-hybridized carbons (Fsp3) is 0.333. The molecule has 2 N–H and O–H groups in total. The van der Waals surface area contributed by atoms with E-state index in [4.69, 9.17) is 10.2 Å². The van der Waals surface area contributed by atoms with Gasteiger partial charge in [0.05, 0.1) is 13.2 Å². The van der Waals surface area contributed by atoms with Crippen molar-refractivity contribution < 1.29 is 10.2 Å². The summed E-state index contributed by atoms with van der Waals surface area (Å²) in [6.45, 7) is 1.94. The molecule has 0 aliphatic heterocycles. The Kier molecular flexibility index (Phi) is 3.26. The number of aliphatic hydroxyl groups is 2. The summed E-state index contributed by atoms with van der Waals surface area (Å²) in [7, 11) is 0. The molecule has 0 aliphatic rings. The van der Waals surface area contributed by atoms with Gasteiger partial charge in [-0.05, 0) is 23.6 Å². The van der Waals surface area contributed by atoms with Crippen molar-refractivity contribution in [2.75, 3.05) is 0 Å². The highest BCUT2D eigenvalue weighted by molar-refractivity contribution is 9.10. The molecule has 0 heterocycles. The SMILES string of the molecule is Cc1cc(CO)cc(CO)c1Br. The van der Waals surface area contributed by atoms with Gasteiger partial charge in [-0.3, -0.25) is 0 Å². The third-order valence-electron chi connectivity index (χ3n) is 1.74. The predicted octanol–water partition coefficient (Wildman–Crippen LogP) is 1.74. The van der Waals surface area contributed by atoms with Crippen LogP contribution in [-0.2, 0) is 13.2 Å². The zero-order valence-electron chi connectivity index (χ0n) is 6.84. The van der Waals surface area contributed by atoms with Gasteiger partial charge in [0.1, 0.15) is 0 Å². The summed E-state index contributed by atoms with van der Waals surface area (Å²) in [5.74, 6) is 0. The lowest BCUT2D eigenvalue weighted by atomic mass is 10.1. The van der Waals surface area contributed by atoms with Crippen molar-refractivity contribution in [3.05, 3.63) is 33.3 Å². The van der Waals surface area contributed by atoms with E-state index in [0.717, 1.165) is 21.2 Å². The van der Waals surface area contributed by atoms with Crippen LogP contribution in [0.25, 0.3) is 0 Å². The van der Waals surface area contributed by atoms with Gasteiger partial charge in [0.25, 0.3) is 0 Å². The Labute approximate surface area is 80.0 Å². The van der Waals surface area contributed by atoms with Gasteiger partial charge in [0.15, 0.2) is 0 Å². The molecule has 3 heteroatoms. The lowest BCUT2D eigenvalue weighted by molar-refractivity contribution is 0.274. The molecule has 1 aromatic rings. The fourth-order valence-electron chi connectivity index (χ4n) is 1.13. The van der Waals surface area contributed by atoms with Gasteiger partial charge in [-0.25, -0.2) is 0 Å². The van der Waals surface area contributed by atoms with Crippen molar-refractivity contribution in [1.82, 2.24) is 0 Å². The molecule has 0 fully saturated rings. The van der Waals surface area contributed by atoms with Gasteiger partial charge in [0.2, 0.25) is 0 Å². The molecule has 0 saturated heterocycles. The van der Waals surface area contributed by atoms with E-state index < -0.39 is 0 Å². The fourth-order valence-corrected chi connectivity index (χ4v) is 1.48. The quantitative estimate of drug-likeness (QED) is 0.813. The zero-order chi connectivity index (χ0) is 9.14.